The summed E-state index contributed by atoms with van der Waals surface area (Å²) in [5.41, 5.74) is 0. The first-order chi connectivity index (χ1) is 17.7. The van der Waals surface area contributed by atoms with Crippen molar-refractivity contribution in [3.8, 4) is 0 Å². The summed E-state index contributed by atoms with van der Waals surface area (Å²) in [6.45, 7) is 2.02. The molecule has 4 saturated carbocycles. The number of Topliss-reactive ketones (excluding diaryl/α,β-unsaturated/α-hetero) is 1. The van der Waals surface area contributed by atoms with Gasteiger partial charge in [0.15, 0.2) is 0 Å². The molecule has 0 radical (unpaired) electrons. The fourth-order valence-corrected chi connectivity index (χ4v) is 8.74. The van der Waals surface area contributed by atoms with E-state index in [1.807, 2.05) is 0 Å². The van der Waals surface area contributed by atoms with Crippen molar-refractivity contribution in [2.24, 2.45) is 35.5 Å². The second-order valence-electron chi connectivity index (χ2n) is 13.5. The minimum Gasteiger partial charge on any atom is -0.393 e. The summed E-state index contributed by atoms with van der Waals surface area (Å²) >= 11 is 0. The first-order valence-electron chi connectivity index (χ1n) is 16.1. The van der Waals surface area contributed by atoms with E-state index in [0.29, 0.717) is 23.9 Å². The summed E-state index contributed by atoms with van der Waals surface area (Å²) in [7, 11) is 0. The molecule has 0 aromatic heterocycles. The quantitative estimate of drug-likeness (QED) is 0.440. The molecule has 0 amide bonds. The Morgan fingerprint density at radius 3 is 1.31 bits per heavy atom. The average molecular weight is 503 g/mol. The molecule has 6 fully saturated rings. The molecule has 0 aromatic carbocycles. The van der Waals surface area contributed by atoms with Crippen LogP contribution in [0.15, 0.2) is 0 Å². The largest absolute Gasteiger partial charge is 0.393 e. The lowest BCUT2D eigenvalue weighted by Crippen LogP contribution is -2.36. The van der Waals surface area contributed by atoms with Crippen molar-refractivity contribution in [2.45, 2.75) is 147 Å². The standard InChI is InChI=1S/C16H28O2.C16H26O2/c2*17-15-8-5-13(6-9-15)16-10-7-14(11-18-16)12-3-1-2-4-12/h12-17H,1-11H2;12-14,16H,1-11H2. The lowest BCUT2D eigenvalue weighted by Gasteiger charge is -2.38. The lowest BCUT2D eigenvalue weighted by molar-refractivity contribution is -0.123. The Kier molecular flexibility index (Phi) is 10.2. The Labute approximate surface area is 220 Å². The number of hydrogen-bond acceptors (Lipinski definition) is 4. The molecule has 206 valence electrons. The molecule has 0 aromatic rings. The second-order valence-corrected chi connectivity index (χ2v) is 13.5. The second kappa shape index (κ2) is 13.6. The number of ether oxygens (including phenoxy) is 2. The minimum atomic E-state index is -0.0314. The Bertz CT molecular complexity index is 633. The molecule has 4 nitrogen and oxygen atoms in total. The number of ketones is 1. The fraction of sp³-hybridized carbons (Fsp3) is 0.969. The van der Waals surface area contributed by atoms with Crippen LogP contribution in [-0.2, 0) is 14.3 Å². The third-order valence-electron chi connectivity index (χ3n) is 11.2. The van der Waals surface area contributed by atoms with Gasteiger partial charge in [-0.15, -0.1) is 0 Å². The van der Waals surface area contributed by atoms with Gasteiger partial charge >= 0.3 is 0 Å². The van der Waals surface area contributed by atoms with Crippen LogP contribution in [0.4, 0.5) is 0 Å². The first kappa shape index (κ1) is 27.1. The van der Waals surface area contributed by atoms with Crippen LogP contribution in [0.1, 0.15) is 128 Å². The van der Waals surface area contributed by atoms with Crippen molar-refractivity contribution in [2.75, 3.05) is 13.2 Å². The van der Waals surface area contributed by atoms with Crippen LogP contribution in [-0.4, -0.2) is 42.4 Å². The Hall–Kier alpha value is -0.450. The van der Waals surface area contributed by atoms with Crippen molar-refractivity contribution in [1.29, 1.82) is 0 Å². The monoisotopic (exact) mass is 502 g/mol. The van der Waals surface area contributed by atoms with Crippen LogP contribution < -0.4 is 0 Å². The van der Waals surface area contributed by atoms with Crippen LogP contribution in [0.2, 0.25) is 0 Å². The molecule has 6 rings (SSSR count). The predicted molar refractivity (Wildman–Crippen MR) is 144 cm³/mol. The van der Waals surface area contributed by atoms with E-state index in [1.54, 1.807) is 0 Å². The van der Waals surface area contributed by atoms with Crippen molar-refractivity contribution in [1.82, 2.24) is 0 Å². The van der Waals surface area contributed by atoms with Crippen LogP contribution in [0.3, 0.4) is 0 Å². The fourth-order valence-electron chi connectivity index (χ4n) is 8.74. The minimum absolute atomic E-state index is 0.0314. The van der Waals surface area contributed by atoms with Gasteiger partial charge in [-0.3, -0.25) is 4.79 Å². The summed E-state index contributed by atoms with van der Waals surface area (Å²) in [5, 5.41) is 9.57. The van der Waals surface area contributed by atoms with E-state index in [9.17, 15) is 9.90 Å². The maximum atomic E-state index is 11.3. The van der Waals surface area contributed by atoms with E-state index in [-0.39, 0.29) is 6.10 Å². The van der Waals surface area contributed by atoms with E-state index in [0.717, 1.165) is 81.3 Å². The maximum absolute atomic E-state index is 11.3. The molecule has 1 N–H and O–H groups in total. The smallest absolute Gasteiger partial charge is 0.132 e. The summed E-state index contributed by atoms with van der Waals surface area (Å²) < 4.78 is 12.4. The molecule has 4 aliphatic carbocycles. The number of rotatable bonds is 4. The normalized spacial score (nSPS) is 39.6. The highest BCUT2D eigenvalue weighted by molar-refractivity contribution is 5.79. The molecule has 2 heterocycles. The topological polar surface area (TPSA) is 55.8 Å². The zero-order valence-electron chi connectivity index (χ0n) is 22.9. The Balaban J connectivity index is 0.000000148. The molecule has 4 unspecified atom stereocenters. The van der Waals surface area contributed by atoms with Gasteiger partial charge in [-0.1, -0.05) is 51.4 Å². The van der Waals surface area contributed by atoms with Gasteiger partial charge in [-0.2, -0.15) is 0 Å². The molecule has 36 heavy (non-hydrogen) atoms. The van der Waals surface area contributed by atoms with Gasteiger partial charge in [0.1, 0.15) is 5.78 Å². The molecule has 6 aliphatic rings. The van der Waals surface area contributed by atoms with Gasteiger partial charge in [0.25, 0.3) is 0 Å². The molecule has 0 spiro atoms. The predicted octanol–water partition coefficient (Wildman–Crippen LogP) is 7.25. The summed E-state index contributed by atoms with van der Waals surface area (Å²) in [5.74, 6) is 5.50. The number of carbonyl (C=O) groups excluding carboxylic acids is 1. The highest BCUT2D eigenvalue weighted by Crippen LogP contribution is 2.41. The number of carbonyl (C=O) groups is 1. The zero-order valence-corrected chi connectivity index (χ0v) is 22.9. The van der Waals surface area contributed by atoms with Crippen LogP contribution in [0.5, 0.6) is 0 Å². The molecule has 2 saturated heterocycles. The molecule has 4 atom stereocenters. The van der Waals surface area contributed by atoms with E-state index >= 15 is 0 Å². The van der Waals surface area contributed by atoms with Gasteiger partial charge in [0.2, 0.25) is 0 Å². The van der Waals surface area contributed by atoms with Crippen molar-refractivity contribution < 1.29 is 19.4 Å². The number of hydrogen-bond donors (Lipinski definition) is 1. The zero-order chi connectivity index (χ0) is 24.7. The summed E-state index contributed by atoms with van der Waals surface area (Å²) in [6.07, 6.45) is 25.9. The van der Waals surface area contributed by atoms with Crippen molar-refractivity contribution >= 4 is 5.78 Å². The van der Waals surface area contributed by atoms with Crippen LogP contribution in [0, 0.1) is 35.5 Å². The van der Waals surface area contributed by atoms with Crippen LogP contribution >= 0.6 is 0 Å². The maximum Gasteiger partial charge on any atom is 0.132 e. The Morgan fingerprint density at radius 1 is 0.472 bits per heavy atom. The SMILES string of the molecule is O=C1CCC(C2CCC(C3CCCC3)CO2)CC1.OC1CCC(C2CCC(C3CCCC3)CO2)CC1. The van der Waals surface area contributed by atoms with Crippen molar-refractivity contribution in [3.05, 3.63) is 0 Å². The number of aliphatic hydroxyl groups excluding tert-OH is 1. The molecular formula is C32H54O4. The molecule has 4 heteroatoms. The van der Waals surface area contributed by atoms with Gasteiger partial charge in [-0.05, 0) is 99.7 Å². The highest BCUT2D eigenvalue weighted by Gasteiger charge is 2.35. The molecule has 2 aliphatic heterocycles. The summed E-state index contributed by atoms with van der Waals surface area (Å²) in [4.78, 5) is 11.3. The van der Waals surface area contributed by atoms with Gasteiger partial charge in [0.05, 0.1) is 31.5 Å². The third-order valence-corrected chi connectivity index (χ3v) is 11.2. The van der Waals surface area contributed by atoms with Crippen LogP contribution in [0.25, 0.3) is 0 Å². The Morgan fingerprint density at radius 2 is 0.889 bits per heavy atom. The van der Waals surface area contributed by atoms with Gasteiger partial charge in [0, 0.05) is 12.8 Å². The van der Waals surface area contributed by atoms with Gasteiger partial charge < -0.3 is 14.6 Å². The van der Waals surface area contributed by atoms with E-state index in [2.05, 4.69) is 0 Å². The van der Waals surface area contributed by atoms with E-state index in [1.165, 1.54) is 89.9 Å². The third kappa shape index (κ3) is 7.35. The molecular weight excluding hydrogens is 448 g/mol. The summed E-state index contributed by atoms with van der Waals surface area (Å²) in [6, 6.07) is 0. The number of aliphatic hydroxyl groups is 1. The van der Waals surface area contributed by atoms with Crippen molar-refractivity contribution in [3.63, 3.8) is 0 Å². The van der Waals surface area contributed by atoms with E-state index in [4.69, 9.17) is 9.47 Å². The lowest BCUT2D eigenvalue weighted by atomic mass is 9.78. The highest BCUT2D eigenvalue weighted by atomic mass is 16.5. The average Bonchev–Trinajstić information content (AvgIpc) is 3.66. The van der Waals surface area contributed by atoms with E-state index < -0.39 is 0 Å². The first-order valence-corrected chi connectivity index (χ1v) is 16.1. The molecule has 0 bridgehead atoms. The van der Waals surface area contributed by atoms with Gasteiger partial charge in [-0.25, -0.2) is 0 Å².